The van der Waals surface area contributed by atoms with Crippen molar-refractivity contribution in [3.8, 4) is 11.5 Å². The van der Waals surface area contributed by atoms with E-state index in [1.54, 1.807) is 18.3 Å². The summed E-state index contributed by atoms with van der Waals surface area (Å²) in [5.74, 6) is 0.0733. The van der Waals surface area contributed by atoms with Crippen LogP contribution in [0.15, 0.2) is 18.3 Å². The molecule has 1 aromatic carbocycles. The van der Waals surface area contributed by atoms with Gasteiger partial charge in [-0.3, -0.25) is 0 Å². The lowest BCUT2D eigenvalue weighted by molar-refractivity contribution is 0.350. The highest BCUT2D eigenvalue weighted by Crippen LogP contribution is 2.29. The first kappa shape index (κ1) is 13.9. The minimum atomic E-state index is -0.541. The average Bonchev–Trinajstić information content (AvgIpc) is 2.43. The summed E-state index contributed by atoms with van der Waals surface area (Å²) in [7, 11) is 2.78. The molecule has 1 aromatic heterocycles. The van der Waals surface area contributed by atoms with Gasteiger partial charge in [0.2, 0.25) is 11.8 Å². The van der Waals surface area contributed by atoms with E-state index < -0.39 is 5.82 Å². The molecule has 0 fully saturated rings. The molecule has 0 aliphatic heterocycles. The van der Waals surface area contributed by atoms with Crippen molar-refractivity contribution in [2.75, 3.05) is 25.7 Å². The van der Waals surface area contributed by atoms with Gasteiger partial charge in [-0.2, -0.15) is 9.37 Å². The van der Waals surface area contributed by atoms with E-state index in [9.17, 15) is 4.39 Å². The van der Waals surface area contributed by atoms with Crippen LogP contribution in [0.5, 0.6) is 11.5 Å². The minimum absolute atomic E-state index is 0.106. The fraction of sp³-hybridized carbons (Fsp3) is 0.231. The van der Waals surface area contributed by atoms with Crippen molar-refractivity contribution in [1.82, 2.24) is 9.97 Å². The number of anilines is 2. The molecule has 0 radical (unpaired) electrons. The number of halogens is 1. The van der Waals surface area contributed by atoms with Gasteiger partial charge in [0.05, 0.1) is 14.2 Å². The Morgan fingerprint density at radius 2 is 1.75 bits per heavy atom. The summed E-state index contributed by atoms with van der Waals surface area (Å²) in [5.41, 5.74) is 12.7. The Kier molecular flexibility index (Phi) is 3.88. The second kappa shape index (κ2) is 5.60. The van der Waals surface area contributed by atoms with E-state index in [-0.39, 0.29) is 17.4 Å². The number of hydrogen-bond donors (Lipinski definition) is 2. The van der Waals surface area contributed by atoms with Gasteiger partial charge in [-0.25, -0.2) is 4.98 Å². The van der Waals surface area contributed by atoms with Gasteiger partial charge < -0.3 is 20.9 Å². The van der Waals surface area contributed by atoms with Gasteiger partial charge in [0.25, 0.3) is 0 Å². The number of nitrogens with two attached hydrogens (primary N) is 2. The molecule has 7 heteroatoms. The summed E-state index contributed by atoms with van der Waals surface area (Å²) in [6.07, 6.45) is 1.96. The first-order valence-electron chi connectivity index (χ1n) is 5.82. The Bertz CT molecular complexity index is 609. The Balaban J connectivity index is 2.38. The van der Waals surface area contributed by atoms with Crippen LogP contribution in [-0.4, -0.2) is 24.2 Å². The minimum Gasteiger partial charge on any atom is -0.494 e. The van der Waals surface area contributed by atoms with E-state index in [2.05, 4.69) is 9.97 Å². The molecule has 106 valence electrons. The van der Waals surface area contributed by atoms with Crippen molar-refractivity contribution in [3.05, 3.63) is 35.3 Å². The standard InChI is InChI=1S/C13H15FN4O2/c1-19-9-4-7(5-10(20-2)11(9)14)3-8-6-17-13(16)18-12(8)15/h4-6H,3H2,1-2H3,(H4,15,16,17,18). The second-order valence-electron chi connectivity index (χ2n) is 4.13. The lowest BCUT2D eigenvalue weighted by Gasteiger charge is -2.11. The van der Waals surface area contributed by atoms with Gasteiger partial charge in [0.1, 0.15) is 5.82 Å². The van der Waals surface area contributed by atoms with Crippen molar-refractivity contribution in [2.45, 2.75) is 6.42 Å². The highest BCUT2D eigenvalue weighted by Gasteiger charge is 2.13. The van der Waals surface area contributed by atoms with E-state index in [0.29, 0.717) is 17.8 Å². The average molecular weight is 278 g/mol. The Morgan fingerprint density at radius 3 is 2.25 bits per heavy atom. The molecule has 0 saturated carbocycles. The van der Waals surface area contributed by atoms with E-state index in [1.165, 1.54) is 14.2 Å². The predicted molar refractivity (Wildman–Crippen MR) is 73.2 cm³/mol. The Labute approximate surface area is 115 Å². The highest BCUT2D eigenvalue weighted by molar-refractivity contribution is 5.47. The van der Waals surface area contributed by atoms with E-state index >= 15 is 0 Å². The van der Waals surface area contributed by atoms with Gasteiger partial charge in [0, 0.05) is 18.2 Å². The van der Waals surface area contributed by atoms with Crippen LogP contribution < -0.4 is 20.9 Å². The lowest BCUT2D eigenvalue weighted by atomic mass is 10.1. The largest absolute Gasteiger partial charge is 0.494 e. The van der Waals surface area contributed by atoms with Gasteiger partial charge in [-0.15, -0.1) is 0 Å². The number of ether oxygens (including phenoxy) is 2. The zero-order valence-electron chi connectivity index (χ0n) is 11.2. The number of rotatable bonds is 4. The first-order valence-corrected chi connectivity index (χ1v) is 5.82. The van der Waals surface area contributed by atoms with Gasteiger partial charge >= 0.3 is 0 Å². The van der Waals surface area contributed by atoms with Crippen molar-refractivity contribution in [2.24, 2.45) is 0 Å². The summed E-state index contributed by atoms with van der Waals surface area (Å²) < 4.78 is 23.8. The maximum absolute atomic E-state index is 13.8. The van der Waals surface area contributed by atoms with Crippen molar-refractivity contribution < 1.29 is 13.9 Å². The SMILES string of the molecule is COc1cc(Cc2cnc(N)nc2N)cc(OC)c1F. The van der Waals surface area contributed by atoms with Crippen LogP contribution in [0.4, 0.5) is 16.2 Å². The third kappa shape index (κ3) is 2.71. The first-order chi connectivity index (χ1) is 9.55. The second-order valence-corrected chi connectivity index (χ2v) is 4.13. The molecule has 0 aliphatic carbocycles. The topological polar surface area (TPSA) is 96.3 Å². The molecular weight excluding hydrogens is 263 g/mol. The van der Waals surface area contributed by atoms with Crippen LogP contribution in [0.25, 0.3) is 0 Å². The summed E-state index contributed by atoms with van der Waals surface area (Å²) in [4.78, 5) is 7.77. The number of nitrogen functional groups attached to an aromatic ring is 2. The Morgan fingerprint density at radius 1 is 1.15 bits per heavy atom. The van der Waals surface area contributed by atoms with Crippen LogP contribution in [0, 0.1) is 5.82 Å². The number of aromatic nitrogens is 2. The van der Waals surface area contributed by atoms with E-state index in [4.69, 9.17) is 20.9 Å². The predicted octanol–water partition coefficient (Wildman–Crippen LogP) is 1.39. The molecule has 0 amide bonds. The van der Waals surface area contributed by atoms with Crippen LogP contribution in [0.2, 0.25) is 0 Å². The zero-order valence-corrected chi connectivity index (χ0v) is 11.2. The number of hydrogen-bond acceptors (Lipinski definition) is 6. The van der Waals surface area contributed by atoms with E-state index in [0.717, 1.165) is 5.56 Å². The van der Waals surface area contributed by atoms with Crippen molar-refractivity contribution in [3.63, 3.8) is 0 Å². The number of benzene rings is 1. The molecule has 0 bridgehead atoms. The molecule has 1 heterocycles. The summed E-state index contributed by atoms with van der Waals surface area (Å²) in [6.45, 7) is 0. The van der Waals surface area contributed by atoms with Crippen molar-refractivity contribution in [1.29, 1.82) is 0 Å². The summed E-state index contributed by atoms with van der Waals surface area (Å²) in [5, 5.41) is 0. The number of nitrogens with zero attached hydrogens (tertiary/aromatic N) is 2. The summed E-state index contributed by atoms with van der Waals surface area (Å²) in [6, 6.07) is 3.15. The third-order valence-electron chi connectivity index (χ3n) is 2.82. The number of methoxy groups -OCH3 is 2. The molecule has 2 rings (SSSR count). The van der Waals surface area contributed by atoms with Crippen LogP contribution in [-0.2, 0) is 6.42 Å². The molecule has 0 atom stereocenters. The molecule has 0 aliphatic rings. The molecule has 4 N–H and O–H groups in total. The fourth-order valence-corrected chi connectivity index (χ4v) is 1.82. The molecule has 2 aromatic rings. The molecule has 0 unspecified atom stereocenters. The Hall–Kier alpha value is -2.57. The van der Waals surface area contributed by atoms with Gasteiger partial charge in [0.15, 0.2) is 11.5 Å². The highest BCUT2D eigenvalue weighted by atomic mass is 19.1. The van der Waals surface area contributed by atoms with E-state index in [1.807, 2.05) is 0 Å². The molecular formula is C13H15FN4O2. The maximum Gasteiger partial charge on any atom is 0.221 e. The summed E-state index contributed by atoms with van der Waals surface area (Å²) >= 11 is 0. The zero-order chi connectivity index (χ0) is 14.7. The third-order valence-corrected chi connectivity index (χ3v) is 2.82. The fourth-order valence-electron chi connectivity index (χ4n) is 1.82. The lowest BCUT2D eigenvalue weighted by Crippen LogP contribution is -2.04. The normalized spacial score (nSPS) is 10.3. The van der Waals surface area contributed by atoms with Crippen LogP contribution in [0.3, 0.4) is 0 Å². The molecule has 0 spiro atoms. The van der Waals surface area contributed by atoms with Gasteiger partial charge in [-0.1, -0.05) is 0 Å². The smallest absolute Gasteiger partial charge is 0.221 e. The quantitative estimate of drug-likeness (QED) is 0.877. The van der Waals surface area contributed by atoms with Crippen LogP contribution in [0.1, 0.15) is 11.1 Å². The van der Waals surface area contributed by atoms with Gasteiger partial charge in [-0.05, 0) is 17.7 Å². The monoisotopic (exact) mass is 278 g/mol. The molecule has 0 saturated heterocycles. The van der Waals surface area contributed by atoms with Crippen LogP contribution >= 0.6 is 0 Å². The molecule has 20 heavy (non-hydrogen) atoms. The maximum atomic E-state index is 13.8. The molecule has 6 nitrogen and oxygen atoms in total. The van der Waals surface area contributed by atoms with Crippen molar-refractivity contribution >= 4 is 11.8 Å².